The number of nitrogens with one attached hydrogen (secondary N) is 1. The maximum atomic E-state index is 13.3. The highest BCUT2D eigenvalue weighted by molar-refractivity contribution is 7.92. The van der Waals surface area contributed by atoms with Gasteiger partial charge in [-0.15, -0.1) is 0 Å². The highest BCUT2D eigenvalue weighted by Gasteiger charge is 2.29. The standard InChI is InChI=1S/C21H28N2O4S/c1-16(2)12-13-22-21(24)15-23(19-14-17(3)10-11-20(19)27-4)28(25,26)18-8-6-5-7-9-18/h5-11,14,16H,12-13,15H2,1-4H3,(H,22,24). The Bertz CT molecular complexity index is 896. The molecule has 0 aromatic heterocycles. The minimum Gasteiger partial charge on any atom is -0.495 e. The van der Waals surface area contributed by atoms with E-state index in [9.17, 15) is 13.2 Å². The molecule has 0 saturated carbocycles. The van der Waals surface area contributed by atoms with Crippen molar-refractivity contribution in [3.8, 4) is 5.75 Å². The van der Waals surface area contributed by atoms with E-state index in [-0.39, 0.29) is 17.3 Å². The Hall–Kier alpha value is -2.54. The largest absolute Gasteiger partial charge is 0.495 e. The molecular formula is C21H28N2O4S. The second-order valence-electron chi connectivity index (χ2n) is 7.03. The second kappa shape index (κ2) is 9.59. The van der Waals surface area contributed by atoms with Crippen molar-refractivity contribution in [3.05, 3.63) is 54.1 Å². The molecule has 0 fully saturated rings. The van der Waals surface area contributed by atoms with Crippen LogP contribution in [-0.2, 0) is 14.8 Å². The van der Waals surface area contributed by atoms with E-state index in [2.05, 4.69) is 19.2 Å². The van der Waals surface area contributed by atoms with Gasteiger partial charge in [0.15, 0.2) is 0 Å². The normalized spacial score (nSPS) is 11.3. The summed E-state index contributed by atoms with van der Waals surface area (Å²) in [6.07, 6.45) is 0.824. The van der Waals surface area contributed by atoms with Crippen LogP contribution in [-0.4, -0.2) is 34.5 Å². The number of rotatable bonds is 9. The number of carbonyl (C=O) groups excluding carboxylic acids is 1. The lowest BCUT2D eigenvalue weighted by molar-refractivity contribution is -0.119. The van der Waals surface area contributed by atoms with Crippen LogP contribution in [0.2, 0.25) is 0 Å². The first-order chi connectivity index (χ1) is 13.3. The minimum atomic E-state index is -3.95. The minimum absolute atomic E-state index is 0.119. The van der Waals surface area contributed by atoms with E-state index in [0.717, 1.165) is 16.3 Å². The SMILES string of the molecule is COc1ccc(C)cc1N(CC(=O)NCCC(C)C)S(=O)(=O)c1ccccc1. The van der Waals surface area contributed by atoms with E-state index in [4.69, 9.17) is 4.74 Å². The van der Waals surface area contributed by atoms with Gasteiger partial charge in [-0.25, -0.2) is 8.42 Å². The molecule has 0 saturated heterocycles. The summed E-state index contributed by atoms with van der Waals surface area (Å²) in [4.78, 5) is 12.6. The van der Waals surface area contributed by atoms with Gasteiger partial charge in [0.1, 0.15) is 12.3 Å². The quantitative estimate of drug-likeness (QED) is 0.695. The Morgan fingerprint density at radius 3 is 2.43 bits per heavy atom. The molecule has 152 valence electrons. The lowest BCUT2D eigenvalue weighted by atomic mass is 10.1. The molecule has 0 aliphatic carbocycles. The Balaban J connectivity index is 2.42. The summed E-state index contributed by atoms with van der Waals surface area (Å²) in [6, 6.07) is 13.3. The van der Waals surface area contributed by atoms with Crippen molar-refractivity contribution in [2.24, 2.45) is 5.92 Å². The molecule has 0 radical (unpaired) electrons. The van der Waals surface area contributed by atoms with Crippen molar-refractivity contribution < 1.29 is 17.9 Å². The molecule has 0 spiro atoms. The number of methoxy groups -OCH3 is 1. The molecule has 2 rings (SSSR count). The predicted octanol–water partition coefficient (Wildman–Crippen LogP) is 3.36. The van der Waals surface area contributed by atoms with Crippen LogP contribution in [0.5, 0.6) is 5.75 Å². The molecule has 0 bridgehead atoms. The molecule has 0 aliphatic rings. The Kier molecular flexibility index (Phi) is 7.45. The molecule has 0 unspecified atom stereocenters. The maximum Gasteiger partial charge on any atom is 0.264 e. The highest BCUT2D eigenvalue weighted by atomic mass is 32.2. The van der Waals surface area contributed by atoms with Gasteiger partial charge in [0, 0.05) is 6.54 Å². The first kappa shape index (κ1) is 21.8. The van der Waals surface area contributed by atoms with Gasteiger partial charge in [-0.05, 0) is 49.1 Å². The molecule has 28 heavy (non-hydrogen) atoms. The number of amides is 1. The molecule has 2 aromatic rings. The van der Waals surface area contributed by atoms with Crippen LogP contribution >= 0.6 is 0 Å². The van der Waals surface area contributed by atoms with Gasteiger partial charge in [-0.2, -0.15) is 0 Å². The summed E-state index contributed by atoms with van der Waals surface area (Å²) in [5.74, 6) is 0.477. The van der Waals surface area contributed by atoms with Gasteiger partial charge < -0.3 is 10.1 Å². The number of carbonyl (C=O) groups is 1. The van der Waals surface area contributed by atoms with Gasteiger partial charge in [0.2, 0.25) is 5.91 Å². The lowest BCUT2D eigenvalue weighted by Crippen LogP contribution is -2.41. The number of anilines is 1. The molecule has 6 nitrogen and oxygen atoms in total. The zero-order chi connectivity index (χ0) is 20.7. The maximum absolute atomic E-state index is 13.3. The number of nitrogens with zero attached hydrogens (tertiary/aromatic N) is 1. The van der Waals surface area contributed by atoms with Crippen LogP contribution in [0.1, 0.15) is 25.8 Å². The van der Waals surface area contributed by atoms with Crippen molar-refractivity contribution in [2.45, 2.75) is 32.1 Å². The number of benzene rings is 2. The number of aryl methyl sites for hydroxylation is 1. The predicted molar refractivity (Wildman–Crippen MR) is 111 cm³/mol. The fourth-order valence-electron chi connectivity index (χ4n) is 2.70. The van der Waals surface area contributed by atoms with Gasteiger partial charge in [0.05, 0.1) is 17.7 Å². The van der Waals surface area contributed by atoms with Gasteiger partial charge in [-0.3, -0.25) is 9.10 Å². The van der Waals surface area contributed by atoms with Gasteiger partial charge >= 0.3 is 0 Å². The van der Waals surface area contributed by atoms with Crippen molar-refractivity contribution in [1.82, 2.24) is 5.32 Å². The van der Waals surface area contributed by atoms with Gasteiger partial charge in [0.25, 0.3) is 10.0 Å². The molecule has 1 amide bonds. The van der Waals surface area contributed by atoms with Gasteiger partial charge in [-0.1, -0.05) is 38.1 Å². The molecule has 0 atom stereocenters. The second-order valence-corrected chi connectivity index (χ2v) is 8.89. The van der Waals surface area contributed by atoms with E-state index in [1.807, 2.05) is 13.0 Å². The van der Waals surface area contributed by atoms with Crippen LogP contribution in [0.15, 0.2) is 53.4 Å². The van der Waals surface area contributed by atoms with Crippen LogP contribution in [0, 0.1) is 12.8 Å². The van der Waals surface area contributed by atoms with Crippen molar-refractivity contribution in [3.63, 3.8) is 0 Å². The Morgan fingerprint density at radius 2 is 1.82 bits per heavy atom. The third-order valence-electron chi connectivity index (χ3n) is 4.27. The first-order valence-electron chi connectivity index (χ1n) is 9.25. The molecule has 2 aromatic carbocycles. The lowest BCUT2D eigenvalue weighted by Gasteiger charge is -2.26. The number of hydrogen-bond acceptors (Lipinski definition) is 4. The van der Waals surface area contributed by atoms with Crippen LogP contribution < -0.4 is 14.4 Å². The third kappa shape index (κ3) is 5.48. The van der Waals surface area contributed by atoms with E-state index in [1.54, 1.807) is 30.3 Å². The summed E-state index contributed by atoms with van der Waals surface area (Å²) >= 11 is 0. The highest BCUT2D eigenvalue weighted by Crippen LogP contribution is 2.33. The number of sulfonamides is 1. The number of hydrogen-bond donors (Lipinski definition) is 1. The fraction of sp³-hybridized carbons (Fsp3) is 0.381. The van der Waals surface area contributed by atoms with Crippen LogP contribution in [0.4, 0.5) is 5.69 Å². The topological polar surface area (TPSA) is 75.7 Å². The van der Waals surface area contributed by atoms with Crippen LogP contribution in [0.3, 0.4) is 0 Å². The monoisotopic (exact) mass is 404 g/mol. The van der Waals surface area contributed by atoms with E-state index in [1.165, 1.54) is 19.2 Å². The van der Waals surface area contributed by atoms with E-state index in [0.29, 0.717) is 23.9 Å². The summed E-state index contributed by atoms with van der Waals surface area (Å²) in [6.45, 7) is 6.17. The fourth-order valence-corrected chi connectivity index (χ4v) is 4.15. The van der Waals surface area contributed by atoms with Crippen LogP contribution in [0.25, 0.3) is 0 Å². The summed E-state index contributed by atoms with van der Waals surface area (Å²) in [5.41, 5.74) is 1.20. The van der Waals surface area contributed by atoms with Crippen molar-refractivity contribution in [1.29, 1.82) is 0 Å². The smallest absolute Gasteiger partial charge is 0.264 e. The first-order valence-corrected chi connectivity index (χ1v) is 10.7. The summed E-state index contributed by atoms with van der Waals surface area (Å²) in [5, 5.41) is 2.80. The molecule has 7 heteroatoms. The summed E-state index contributed by atoms with van der Waals surface area (Å²) < 4.78 is 33.1. The zero-order valence-electron chi connectivity index (χ0n) is 16.8. The van der Waals surface area contributed by atoms with Crippen molar-refractivity contribution in [2.75, 3.05) is 24.5 Å². The Morgan fingerprint density at radius 1 is 1.14 bits per heavy atom. The summed E-state index contributed by atoms with van der Waals surface area (Å²) in [7, 11) is -2.47. The average Bonchev–Trinajstić information content (AvgIpc) is 2.66. The molecule has 1 N–H and O–H groups in total. The van der Waals surface area contributed by atoms with E-state index >= 15 is 0 Å². The molecule has 0 aliphatic heterocycles. The molecular weight excluding hydrogens is 376 g/mol. The zero-order valence-corrected chi connectivity index (χ0v) is 17.6. The average molecular weight is 405 g/mol. The number of ether oxygens (including phenoxy) is 1. The Labute approximate surface area is 167 Å². The molecule has 0 heterocycles. The van der Waals surface area contributed by atoms with Crippen molar-refractivity contribution >= 4 is 21.6 Å². The third-order valence-corrected chi connectivity index (χ3v) is 6.04. The van der Waals surface area contributed by atoms with E-state index < -0.39 is 10.0 Å².